The van der Waals surface area contributed by atoms with Gasteiger partial charge in [0.25, 0.3) is 0 Å². The van der Waals surface area contributed by atoms with Crippen LogP contribution in [-0.2, 0) is 4.74 Å². The average Bonchev–Trinajstić information content (AvgIpc) is 2.35. The first-order valence-electron chi connectivity index (χ1n) is 6.33. The first-order valence-corrected chi connectivity index (χ1v) is 6.33. The molecule has 94 valence electrons. The molecular formula is C14H22N2O. The van der Waals surface area contributed by atoms with Gasteiger partial charge in [0.05, 0.1) is 12.7 Å². The van der Waals surface area contributed by atoms with E-state index in [1.165, 1.54) is 5.56 Å². The summed E-state index contributed by atoms with van der Waals surface area (Å²) >= 11 is 0. The molecule has 3 heteroatoms. The van der Waals surface area contributed by atoms with Gasteiger partial charge in [0.15, 0.2) is 0 Å². The second kappa shape index (κ2) is 5.63. The topological polar surface area (TPSA) is 38.5 Å². The van der Waals surface area contributed by atoms with E-state index < -0.39 is 0 Å². The minimum Gasteiger partial charge on any atom is -0.376 e. The van der Waals surface area contributed by atoms with Crippen molar-refractivity contribution in [3.05, 3.63) is 35.9 Å². The van der Waals surface area contributed by atoms with Crippen LogP contribution in [0.1, 0.15) is 25.5 Å². The molecule has 1 fully saturated rings. The van der Waals surface area contributed by atoms with Crippen molar-refractivity contribution in [2.24, 2.45) is 5.73 Å². The molecule has 0 spiro atoms. The standard InChI is InChI=1S/C14H22N2O/c1-11-10-17-12(2)8-16(11)9-14(15)13-6-4-3-5-7-13/h3-7,11-12,14H,8-10,15H2,1-2H3. The van der Waals surface area contributed by atoms with E-state index in [4.69, 9.17) is 10.5 Å². The first kappa shape index (κ1) is 12.6. The lowest BCUT2D eigenvalue weighted by Gasteiger charge is -2.38. The number of ether oxygens (including phenoxy) is 1. The number of hydrogen-bond donors (Lipinski definition) is 1. The lowest BCUT2D eigenvalue weighted by molar-refractivity contribution is -0.0510. The first-order chi connectivity index (χ1) is 8.16. The molecule has 1 aromatic carbocycles. The zero-order chi connectivity index (χ0) is 12.3. The van der Waals surface area contributed by atoms with Gasteiger partial charge in [0.2, 0.25) is 0 Å². The van der Waals surface area contributed by atoms with Crippen molar-refractivity contribution >= 4 is 0 Å². The van der Waals surface area contributed by atoms with Crippen molar-refractivity contribution in [3.63, 3.8) is 0 Å². The number of nitrogens with two attached hydrogens (primary N) is 1. The fraction of sp³-hybridized carbons (Fsp3) is 0.571. The molecule has 3 atom stereocenters. The average molecular weight is 234 g/mol. The summed E-state index contributed by atoms with van der Waals surface area (Å²) in [7, 11) is 0. The van der Waals surface area contributed by atoms with E-state index in [0.717, 1.165) is 19.7 Å². The number of nitrogens with zero attached hydrogens (tertiary/aromatic N) is 1. The maximum atomic E-state index is 6.25. The third kappa shape index (κ3) is 3.28. The van der Waals surface area contributed by atoms with E-state index in [0.29, 0.717) is 12.1 Å². The number of morpholine rings is 1. The fourth-order valence-corrected chi connectivity index (χ4v) is 2.28. The highest BCUT2D eigenvalue weighted by Gasteiger charge is 2.24. The quantitative estimate of drug-likeness (QED) is 0.866. The lowest BCUT2D eigenvalue weighted by Crippen LogP contribution is -2.49. The number of rotatable bonds is 3. The molecule has 0 aliphatic carbocycles. The van der Waals surface area contributed by atoms with E-state index in [9.17, 15) is 0 Å². The van der Waals surface area contributed by atoms with Crippen LogP contribution in [-0.4, -0.2) is 36.7 Å². The lowest BCUT2D eigenvalue weighted by atomic mass is 10.1. The van der Waals surface area contributed by atoms with Gasteiger partial charge in [-0.1, -0.05) is 30.3 Å². The molecule has 1 aromatic rings. The van der Waals surface area contributed by atoms with Crippen LogP contribution in [0.2, 0.25) is 0 Å². The van der Waals surface area contributed by atoms with Crippen LogP contribution in [0.15, 0.2) is 30.3 Å². The van der Waals surface area contributed by atoms with Gasteiger partial charge in [-0.3, -0.25) is 4.90 Å². The van der Waals surface area contributed by atoms with Gasteiger partial charge in [-0.05, 0) is 19.4 Å². The Labute approximate surface area is 104 Å². The summed E-state index contributed by atoms with van der Waals surface area (Å²) in [5.41, 5.74) is 7.46. The van der Waals surface area contributed by atoms with E-state index in [-0.39, 0.29) is 6.04 Å². The maximum absolute atomic E-state index is 6.25. The molecule has 3 unspecified atom stereocenters. The van der Waals surface area contributed by atoms with Gasteiger partial charge < -0.3 is 10.5 Å². The molecule has 1 heterocycles. The third-order valence-electron chi connectivity index (χ3n) is 3.40. The smallest absolute Gasteiger partial charge is 0.0674 e. The Kier molecular flexibility index (Phi) is 4.15. The van der Waals surface area contributed by atoms with Crippen LogP contribution in [0, 0.1) is 0 Å². The normalized spacial score (nSPS) is 27.9. The molecule has 1 aliphatic heterocycles. The molecule has 2 rings (SSSR count). The van der Waals surface area contributed by atoms with E-state index in [1.807, 2.05) is 18.2 Å². The van der Waals surface area contributed by atoms with Gasteiger partial charge in [-0.15, -0.1) is 0 Å². The molecule has 3 nitrogen and oxygen atoms in total. The minimum absolute atomic E-state index is 0.0870. The van der Waals surface area contributed by atoms with Gasteiger partial charge >= 0.3 is 0 Å². The molecule has 1 saturated heterocycles. The highest BCUT2D eigenvalue weighted by atomic mass is 16.5. The van der Waals surface area contributed by atoms with Crippen molar-refractivity contribution in [3.8, 4) is 0 Å². The van der Waals surface area contributed by atoms with Crippen molar-refractivity contribution in [1.29, 1.82) is 0 Å². The van der Waals surface area contributed by atoms with Crippen LogP contribution in [0.4, 0.5) is 0 Å². The van der Waals surface area contributed by atoms with E-state index >= 15 is 0 Å². The second-order valence-corrected chi connectivity index (χ2v) is 4.96. The van der Waals surface area contributed by atoms with Gasteiger partial charge in [0, 0.05) is 25.2 Å². The molecule has 17 heavy (non-hydrogen) atoms. The van der Waals surface area contributed by atoms with E-state index in [1.54, 1.807) is 0 Å². The summed E-state index contributed by atoms with van der Waals surface area (Å²) in [5, 5.41) is 0. The van der Waals surface area contributed by atoms with Crippen LogP contribution < -0.4 is 5.73 Å². The van der Waals surface area contributed by atoms with Gasteiger partial charge in [0.1, 0.15) is 0 Å². The van der Waals surface area contributed by atoms with Crippen LogP contribution in [0.3, 0.4) is 0 Å². The summed E-state index contributed by atoms with van der Waals surface area (Å²) in [6.07, 6.45) is 0.314. The highest BCUT2D eigenvalue weighted by Crippen LogP contribution is 2.16. The fourth-order valence-electron chi connectivity index (χ4n) is 2.28. The molecule has 0 aromatic heterocycles. The van der Waals surface area contributed by atoms with Crippen molar-refractivity contribution < 1.29 is 4.74 Å². The maximum Gasteiger partial charge on any atom is 0.0674 e. The summed E-state index contributed by atoms with van der Waals surface area (Å²) in [4.78, 5) is 2.42. The van der Waals surface area contributed by atoms with E-state index in [2.05, 4.69) is 30.9 Å². The van der Waals surface area contributed by atoms with Crippen LogP contribution >= 0.6 is 0 Å². The zero-order valence-electron chi connectivity index (χ0n) is 10.7. The second-order valence-electron chi connectivity index (χ2n) is 4.96. The highest BCUT2D eigenvalue weighted by molar-refractivity contribution is 5.18. The monoisotopic (exact) mass is 234 g/mol. The molecule has 2 N–H and O–H groups in total. The summed E-state index contributed by atoms with van der Waals surface area (Å²) < 4.78 is 5.63. The Morgan fingerprint density at radius 2 is 2.06 bits per heavy atom. The molecule has 0 radical (unpaired) electrons. The predicted octanol–water partition coefficient (Wildman–Crippen LogP) is 1.80. The molecule has 0 amide bonds. The van der Waals surface area contributed by atoms with Crippen molar-refractivity contribution in [2.45, 2.75) is 32.0 Å². The van der Waals surface area contributed by atoms with Gasteiger partial charge in [-0.25, -0.2) is 0 Å². The number of hydrogen-bond acceptors (Lipinski definition) is 3. The zero-order valence-corrected chi connectivity index (χ0v) is 10.7. The summed E-state index contributed by atoms with van der Waals surface area (Å²) in [5.74, 6) is 0. The third-order valence-corrected chi connectivity index (χ3v) is 3.40. The molecule has 0 saturated carbocycles. The molecule has 1 aliphatic rings. The Bertz CT molecular complexity index is 341. The minimum atomic E-state index is 0.0870. The van der Waals surface area contributed by atoms with Crippen molar-refractivity contribution in [1.82, 2.24) is 4.90 Å². The Hall–Kier alpha value is -0.900. The van der Waals surface area contributed by atoms with Crippen LogP contribution in [0.5, 0.6) is 0 Å². The predicted molar refractivity (Wildman–Crippen MR) is 69.8 cm³/mol. The Morgan fingerprint density at radius 3 is 2.76 bits per heavy atom. The Balaban J connectivity index is 1.96. The SMILES string of the molecule is CC1CN(CC(N)c2ccccc2)C(C)CO1. The molecule has 0 bridgehead atoms. The van der Waals surface area contributed by atoms with Gasteiger partial charge in [-0.2, -0.15) is 0 Å². The van der Waals surface area contributed by atoms with Crippen LogP contribution in [0.25, 0.3) is 0 Å². The summed E-state index contributed by atoms with van der Waals surface area (Å²) in [6.45, 7) is 7.00. The number of benzene rings is 1. The summed E-state index contributed by atoms with van der Waals surface area (Å²) in [6, 6.07) is 10.8. The Morgan fingerprint density at radius 1 is 1.35 bits per heavy atom. The molecular weight excluding hydrogens is 212 g/mol. The largest absolute Gasteiger partial charge is 0.376 e. The van der Waals surface area contributed by atoms with Crippen molar-refractivity contribution in [2.75, 3.05) is 19.7 Å².